The molecule has 0 amide bonds. The molecule has 106 valence electrons. The highest BCUT2D eigenvalue weighted by atomic mass is 14.0. The van der Waals surface area contributed by atoms with Crippen LogP contribution in [0.3, 0.4) is 0 Å². The second-order valence-electron chi connectivity index (χ2n) is 3.77. The summed E-state index contributed by atoms with van der Waals surface area (Å²) in [4.78, 5) is 0. The highest BCUT2D eigenvalue weighted by Crippen LogP contribution is 2.22. The Morgan fingerprint density at radius 2 is 1.42 bits per heavy atom. The molecule has 0 atom stereocenters. The van der Waals surface area contributed by atoms with E-state index in [9.17, 15) is 0 Å². The zero-order valence-electron chi connectivity index (χ0n) is 13.4. The van der Waals surface area contributed by atoms with Gasteiger partial charge in [-0.15, -0.1) is 0 Å². The summed E-state index contributed by atoms with van der Waals surface area (Å²) >= 11 is 0. The third-order valence-electron chi connectivity index (χ3n) is 2.26. The van der Waals surface area contributed by atoms with Gasteiger partial charge in [-0.2, -0.15) is 0 Å². The lowest BCUT2D eigenvalue weighted by Crippen LogP contribution is -1.85. The number of hydrogen-bond donors (Lipinski definition) is 0. The Morgan fingerprint density at radius 3 is 1.74 bits per heavy atom. The maximum absolute atomic E-state index is 3.85. The van der Waals surface area contributed by atoms with Gasteiger partial charge in [0.05, 0.1) is 0 Å². The van der Waals surface area contributed by atoms with Crippen molar-refractivity contribution in [2.24, 2.45) is 0 Å². The zero-order chi connectivity index (χ0) is 15.1. The number of allylic oxidation sites excluding steroid dienone is 4. The molecule has 1 aromatic carbocycles. The van der Waals surface area contributed by atoms with Crippen LogP contribution in [-0.4, -0.2) is 0 Å². The lowest BCUT2D eigenvalue weighted by Gasteiger charge is -2.07. The molecule has 0 aliphatic heterocycles. The summed E-state index contributed by atoms with van der Waals surface area (Å²) in [6, 6.07) is 10.3. The van der Waals surface area contributed by atoms with E-state index in [1.54, 1.807) is 0 Å². The van der Waals surface area contributed by atoms with Crippen molar-refractivity contribution in [1.29, 1.82) is 0 Å². The third kappa shape index (κ3) is 8.20. The molecule has 0 aliphatic rings. The van der Waals surface area contributed by atoms with E-state index in [1.807, 2.05) is 44.2 Å². The van der Waals surface area contributed by atoms with E-state index in [2.05, 4.69) is 46.1 Å². The second kappa shape index (κ2) is 14.5. The summed E-state index contributed by atoms with van der Waals surface area (Å²) in [5.41, 5.74) is 3.63. The van der Waals surface area contributed by atoms with Crippen LogP contribution in [0.25, 0.3) is 5.57 Å². The van der Waals surface area contributed by atoms with Crippen molar-refractivity contribution in [3.63, 3.8) is 0 Å². The van der Waals surface area contributed by atoms with Gasteiger partial charge in [-0.1, -0.05) is 96.7 Å². The predicted molar refractivity (Wildman–Crippen MR) is 91.4 cm³/mol. The normalized spacial score (nSPS) is 9.95. The summed E-state index contributed by atoms with van der Waals surface area (Å²) in [7, 11) is 0. The standard InChI is InChI=1S/C14H16.C3H8.C2H6/c1-4-12(5-2)14(6-3)13-10-8-7-9-11-13;1-3-2;1-2/h4,6-11H,1,3,5H2,2H3;3H2,1-2H3;1-2H3/b14-12-;;. The number of rotatable bonds is 4. The molecule has 0 saturated heterocycles. The molecule has 0 radical (unpaired) electrons. The average molecular weight is 258 g/mol. The van der Waals surface area contributed by atoms with E-state index in [0.717, 1.165) is 6.42 Å². The Balaban J connectivity index is 0. The fourth-order valence-corrected chi connectivity index (χ4v) is 1.50. The summed E-state index contributed by atoms with van der Waals surface area (Å²) < 4.78 is 0. The number of hydrogen-bond acceptors (Lipinski definition) is 0. The molecule has 0 fully saturated rings. The SMILES string of the molecule is C=C/C(CC)=C(\C=C)c1ccccc1.CC.CCC. The van der Waals surface area contributed by atoms with Gasteiger partial charge in [0.25, 0.3) is 0 Å². The summed E-state index contributed by atoms with van der Waals surface area (Å²) in [6.45, 7) is 18.0. The highest BCUT2D eigenvalue weighted by molar-refractivity contribution is 5.77. The van der Waals surface area contributed by atoms with E-state index >= 15 is 0 Å². The molecule has 19 heavy (non-hydrogen) atoms. The topological polar surface area (TPSA) is 0 Å². The van der Waals surface area contributed by atoms with Crippen LogP contribution in [0.15, 0.2) is 61.2 Å². The molecule has 0 heterocycles. The molecule has 1 aromatic rings. The fraction of sp³-hybridized carbons (Fsp3) is 0.368. The van der Waals surface area contributed by atoms with Crippen LogP contribution in [0.4, 0.5) is 0 Å². The molecule has 0 unspecified atom stereocenters. The Hall–Kier alpha value is -1.56. The molecule has 0 aromatic heterocycles. The zero-order valence-corrected chi connectivity index (χ0v) is 13.4. The van der Waals surface area contributed by atoms with Gasteiger partial charge in [-0.05, 0) is 23.1 Å². The summed E-state index contributed by atoms with van der Waals surface area (Å²) in [5, 5.41) is 0. The smallest absolute Gasteiger partial charge is 0.0158 e. The molecule has 0 saturated carbocycles. The van der Waals surface area contributed by atoms with E-state index in [1.165, 1.54) is 23.1 Å². The van der Waals surface area contributed by atoms with Crippen molar-refractivity contribution in [3.8, 4) is 0 Å². The molecule has 0 spiro atoms. The molecule has 0 heteroatoms. The third-order valence-corrected chi connectivity index (χ3v) is 2.26. The summed E-state index contributed by atoms with van der Waals surface area (Å²) in [5.74, 6) is 0. The molecule has 0 N–H and O–H groups in total. The van der Waals surface area contributed by atoms with Gasteiger partial charge >= 0.3 is 0 Å². The van der Waals surface area contributed by atoms with Crippen molar-refractivity contribution in [3.05, 3.63) is 66.8 Å². The molecule has 0 bridgehead atoms. The molecular weight excluding hydrogens is 228 g/mol. The Labute approximate surface area is 120 Å². The van der Waals surface area contributed by atoms with E-state index in [-0.39, 0.29) is 0 Å². The van der Waals surface area contributed by atoms with Crippen molar-refractivity contribution >= 4 is 5.57 Å². The van der Waals surface area contributed by atoms with E-state index in [0.29, 0.717) is 0 Å². The van der Waals surface area contributed by atoms with Crippen LogP contribution < -0.4 is 0 Å². The number of benzene rings is 1. The van der Waals surface area contributed by atoms with Gasteiger partial charge in [-0.3, -0.25) is 0 Å². The molecule has 0 nitrogen and oxygen atoms in total. The molecular formula is C19H30. The van der Waals surface area contributed by atoms with Crippen molar-refractivity contribution in [2.75, 3.05) is 0 Å². The largest absolute Gasteiger partial charge is 0.0988 e. The first-order chi connectivity index (χ1) is 9.24. The monoisotopic (exact) mass is 258 g/mol. The average Bonchev–Trinajstić information content (AvgIpc) is 2.48. The highest BCUT2D eigenvalue weighted by Gasteiger charge is 2.00. The van der Waals surface area contributed by atoms with Gasteiger partial charge in [-0.25, -0.2) is 0 Å². The van der Waals surface area contributed by atoms with Gasteiger partial charge < -0.3 is 0 Å². The van der Waals surface area contributed by atoms with Gasteiger partial charge in [0.15, 0.2) is 0 Å². The molecule has 1 rings (SSSR count). The van der Waals surface area contributed by atoms with Crippen LogP contribution in [0.1, 0.15) is 53.0 Å². The van der Waals surface area contributed by atoms with Gasteiger partial charge in [0, 0.05) is 0 Å². The minimum Gasteiger partial charge on any atom is -0.0988 e. The van der Waals surface area contributed by atoms with Crippen LogP contribution >= 0.6 is 0 Å². The first-order valence-corrected chi connectivity index (χ1v) is 7.28. The van der Waals surface area contributed by atoms with Crippen molar-refractivity contribution < 1.29 is 0 Å². The van der Waals surface area contributed by atoms with Gasteiger partial charge in [0.1, 0.15) is 0 Å². The minimum atomic E-state index is 0.986. The fourth-order valence-electron chi connectivity index (χ4n) is 1.50. The van der Waals surface area contributed by atoms with Crippen LogP contribution in [0.5, 0.6) is 0 Å². The minimum absolute atomic E-state index is 0.986. The van der Waals surface area contributed by atoms with Gasteiger partial charge in [0.2, 0.25) is 0 Å². The Bertz CT molecular complexity index is 355. The maximum Gasteiger partial charge on any atom is -0.0158 e. The Kier molecular flexibility index (Phi) is 15.1. The van der Waals surface area contributed by atoms with Crippen LogP contribution in [0.2, 0.25) is 0 Å². The lowest BCUT2D eigenvalue weighted by molar-refractivity contribution is 1.09. The Morgan fingerprint density at radius 1 is 0.947 bits per heavy atom. The first kappa shape index (κ1) is 19.8. The maximum atomic E-state index is 3.85. The van der Waals surface area contributed by atoms with Crippen molar-refractivity contribution in [2.45, 2.75) is 47.5 Å². The predicted octanol–water partition coefficient (Wildman–Crippen LogP) is 6.66. The quantitative estimate of drug-likeness (QED) is 0.529. The second-order valence-corrected chi connectivity index (χ2v) is 3.77. The lowest BCUT2D eigenvalue weighted by atomic mass is 9.98. The van der Waals surface area contributed by atoms with E-state index < -0.39 is 0 Å². The van der Waals surface area contributed by atoms with Crippen LogP contribution in [-0.2, 0) is 0 Å². The van der Waals surface area contributed by atoms with Crippen LogP contribution in [0, 0.1) is 0 Å². The molecule has 0 aliphatic carbocycles. The summed E-state index contributed by atoms with van der Waals surface area (Å²) in [6.07, 6.45) is 6.04. The van der Waals surface area contributed by atoms with Crippen molar-refractivity contribution in [1.82, 2.24) is 0 Å². The first-order valence-electron chi connectivity index (χ1n) is 7.28. The van der Waals surface area contributed by atoms with E-state index in [4.69, 9.17) is 0 Å².